The maximum atomic E-state index is 12.5. The third kappa shape index (κ3) is 4.23. The largest absolute Gasteiger partial charge is 0.440 e. The molecule has 2 aliphatic heterocycles. The summed E-state index contributed by atoms with van der Waals surface area (Å²) in [5.74, 6) is -0.217. The zero-order chi connectivity index (χ0) is 18.0. The second kappa shape index (κ2) is 6.93. The quantitative estimate of drug-likeness (QED) is 0.805. The van der Waals surface area contributed by atoms with Crippen molar-refractivity contribution >= 4 is 12.0 Å². The fourth-order valence-corrected chi connectivity index (χ4v) is 3.01. The van der Waals surface area contributed by atoms with E-state index in [-0.39, 0.29) is 32.1 Å². The van der Waals surface area contributed by atoms with Gasteiger partial charge in [0.1, 0.15) is 0 Å². The van der Waals surface area contributed by atoms with Gasteiger partial charge in [-0.15, -0.1) is 0 Å². The number of aryl methyl sites for hydroxylation is 2. The SMILES string of the molecule is O=C(OCC(F)(F)F)N1CCN(C(=O)c2cc3n(n2)CCCC3)CC1. The van der Waals surface area contributed by atoms with Gasteiger partial charge in [0.05, 0.1) is 0 Å². The Morgan fingerprint density at radius 3 is 2.40 bits per heavy atom. The fraction of sp³-hybridized carbons (Fsp3) is 0.667. The highest BCUT2D eigenvalue weighted by Gasteiger charge is 2.32. The molecule has 2 aliphatic rings. The van der Waals surface area contributed by atoms with Crippen molar-refractivity contribution in [2.24, 2.45) is 0 Å². The highest BCUT2D eigenvalue weighted by atomic mass is 19.4. The minimum absolute atomic E-state index is 0.135. The van der Waals surface area contributed by atoms with E-state index in [1.807, 2.05) is 4.68 Å². The smallest absolute Gasteiger partial charge is 0.422 e. The number of piperazine rings is 1. The first-order chi connectivity index (χ1) is 11.8. The Bertz CT molecular complexity index is 627. The van der Waals surface area contributed by atoms with Crippen molar-refractivity contribution in [2.75, 3.05) is 32.8 Å². The van der Waals surface area contributed by atoms with Gasteiger partial charge in [0.2, 0.25) is 0 Å². The molecule has 1 saturated heterocycles. The summed E-state index contributed by atoms with van der Waals surface area (Å²) in [6, 6.07) is 1.80. The number of amides is 2. The lowest BCUT2D eigenvalue weighted by molar-refractivity contribution is -0.162. The van der Waals surface area contributed by atoms with E-state index in [0.29, 0.717) is 5.69 Å². The number of alkyl halides is 3. The van der Waals surface area contributed by atoms with E-state index >= 15 is 0 Å². The Balaban J connectivity index is 1.52. The van der Waals surface area contributed by atoms with Gasteiger partial charge < -0.3 is 14.5 Å². The fourth-order valence-electron chi connectivity index (χ4n) is 3.01. The summed E-state index contributed by atoms with van der Waals surface area (Å²) in [5, 5.41) is 4.33. The molecule has 1 aromatic rings. The summed E-state index contributed by atoms with van der Waals surface area (Å²) < 4.78 is 42.3. The van der Waals surface area contributed by atoms with Gasteiger partial charge in [-0.25, -0.2) is 4.79 Å². The summed E-state index contributed by atoms with van der Waals surface area (Å²) in [6.45, 7) is -0.0527. The van der Waals surface area contributed by atoms with Gasteiger partial charge in [-0.1, -0.05) is 0 Å². The Morgan fingerprint density at radius 1 is 1.08 bits per heavy atom. The van der Waals surface area contributed by atoms with Crippen molar-refractivity contribution in [3.05, 3.63) is 17.5 Å². The lowest BCUT2D eigenvalue weighted by atomic mass is 10.1. The Kier molecular flexibility index (Phi) is 4.87. The summed E-state index contributed by atoms with van der Waals surface area (Å²) >= 11 is 0. The van der Waals surface area contributed by atoms with Gasteiger partial charge in [0.25, 0.3) is 5.91 Å². The van der Waals surface area contributed by atoms with E-state index in [2.05, 4.69) is 9.84 Å². The van der Waals surface area contributed by atoms with Crippen LogP contribution in [0.15, 0.2) is 6.07 Å². The van der Waals surface area contributed by atoms with E-state index in [4.69, 9.17) is 0 Å². The van der Waals surface area contributed by atoms with Crippen LogP contribution >= 0.6 is 0 Å². The average molecular weight is 360 g/mol. The number of carbonyl (C=O) groups is 2. The molecule has 0 unspecified atom stereocenters. The van der Waals surface area contributed by atoms with Crippen molar-refractivity contribution in [1.29, 1.82) is 0 Å². The van der Waals surface area contributed by atoms with Crippen LogP contribution in [0.4, 0.5) is 18.0 Å². The summed E-state index contributed by atoms with van der Waals surface area (Å²) in [7, 11) is 0. The number of nitrogens with zero attached hydrogens (tertiary/aromatic N) is 4. The molecular formula is C15H19F3N4O3. The molecule has 0 radical (unpaired) electrons. The van der Waals surface area contributed by atoms with Gasteiger partial charge in [0, 0.05) is 38.4 Å². The summed E-state index contributed by atoms with van der Waals surface area (Å²) in [6.07, 6.45) is -2.53. The van der Waals surface area contributed by atoms with E-state index in [9.17, 15) is 22.8 Å². The molecule has 10 heteroatoms. The molecule has 25 heavy (non-hydrogen) atoms. The van der Waals surface area contributed by atoms with Crippen LogP contribution in [0.3, 0.4) is 0 Å². The molecule has 1 fully saturated rings. The minimum atomic E-state index is -4.55. The van der Waals surface area contributed by atoms with Crippen molar-refractivity contribution in [3.63, 3.8) is 0 Å². The van der Waals surface area contributed by atoms with Crippen LogP contribution in [0.25, 0.3) is 0 Å². The summed E-state index contributed by atoms with van der Waals surface area (Å²) in [5.41, 5.74) is 1.42. The second-order valence-electron chi connectivity index (χ2n) is 6.15. The monoisotopic (exact) mass is 360 g/mol. The third-order valence-corrected chi connectivity index (χ3v) is 4.32. The van der Waals surface area contributed by atoms with Crippen molar-refractivity contribution in [2.45, 2.75) is 32.0 Å². The first kappa shape index (κ1) is 17.6. The molecule has 7 nitrogen and oxygen atoms in total. The van der Waals surface area contributed by atoms with Crippen LogP contribution in [0.2, 0.25) is 0 Å². The molecule has 0 atom stereocenters. The first-order valence-corrected chi connectivity index (χ1v) is 8.18. The number of rotatable bonds is 2. The Hall–Kier alpha value is -2.26. The molecule has 0 aliphatic carbocycles. The van der Waals surface area contributed by atoms with Gasteiger partial charge in [-0.2, -0.15) is 18.3 Å². The number of hydrogen-bond donors (Lipinski definition) is 0. The highest BCUT2D eigenvalue weighted by molar-refractivity contribution is 5.92. The predicted octanol–water partition coefficient (Wildman–Crippen LogP) is 1.68. The Labute approximate surface area is 142 Å². The number of hydrogen-bond acceptors (Lipinski definition) is 4. The van der Waals surface area contributed by atoms with Gasteiger partial charge >= 0.3 is 12.3 Å². The lowest BCUT2D eigenvalue weighted by Crippen LogP contribution is -2.51. The minimum Gasteiger partial charge on any atom is -0.440 e. The number of carbonyl (C=O) groups excluding carboxylic acids is 2. The summed E-state index contributed by atoms with van der Waals surface area (Å²) in [4.78, 5) is 26.9. The molecule has 0 spiro atoms. The lowest BCUT2D eigenvalue weighted by Gasteiger charge is -2.33. The van der Waals surface area contributed by atoms with Crippen molar-refractivity contribution in [1.82, 2.24) is 19.6 Å². The molecule has 2 amide bonds. The maximum Gasteiger partial charge on any atom is 0.422 e. The number of ether oxygens (including phenoxy) is 1. The maximum absolute atomic E-state index is 12.5. The number of aromatic nitrogens is 2. The molecule has 138 valence electrons. The first-order valence-electron chi connectivity index (χ1n) is 8.18. The number of halogens is 3. The average Bonchev–Trinajstić information content (AvgIpc) is 3.02. The molecule has 0 aromatic carbocycles. The van der Waals surface area contributed by atoms with Crippen molar-refractivity contribution in [3.8, 4) is 0 Å². The molecule has 0 saturated carbocycles. The van der Waals surface area contributed by atoms with E-state index in [1.54, 1.807) is 11.0 Å². The molecular weight excluding hydrogens is 341 g/mol. The third-order valence-electron chi connectivity index (χ3n) is 4.32. The topological polar surface area (TPSA) is 67.7 Å². The van der Waals surface area contributed by atoms with Gasteiger partial charge in [-0.05, 0) is 25.3 Å². The number of fused-ring (bicyclic) bond motifs is 1. The van der Waals surface area contributed by atoms with E-state index < -0.39 is 18.9 Å². The van der Waals surface area contributed by atoms with Crippen LogP contribution in [-0.4, -0.2) is 70.5 Å². The molecule has 0 N–H and O–H groups in total. The zero-order valence-corrected chi connectivity index (χ0v) is 13.6. The predicted molar refractivity (Wildman–Crippen MR) is 80.0 cm³/mol. The van der Waals surface area contributed by atoms with E-state index in [0.717, 1.165) is 31.5 Å². The molecule has 3 rings (SSSR count). The van der Waals surface area contributed by atoms with Crippen LogP contribution in [-0.2, 0) is 17.7 Å². The standard InChI is InChI=1S/C15H19F3N4O3/c16-15(17,18)10-25-14(24)21-7-5-20(6-8-21)13(23)12-9-11-3-1-2-4-22(11)19-12/h9H,1-8,10H2. The molecule has 0 bridgehead atoms. The second-order valence-corrected chi connectivity index (χ2v) is 6.15. The van der Waals surface area contributed by atoms with Crippen LogP contribution in [0.1, 0.15) is 29.0 Å². The Morgan fingerprint density at radius 2 is 1.76 bits per heavy atom. The normalized spacial score (nSPS) is 18.0. The van der Waals surface area contributed by atoms with Gasteiger partial charge in [-0.3, -0.25) is 9.48 Å². The van der Waals surface area contributed by atoms with E-state index in [1.165, 1.54) is 4.90 Å². The highest BCUT2D eigenvalue weighted by Crippen LogP contribution is 2.18. The van der Waals surface area contributed by atoms with Crippen molar-refractivity contribution < 1.29 is 27.5 Å². The molecule has 3 heterocycles. The van der Waals surface area contributed by atoms with Crippen LogP contribution in [0, 0.1) is 0 Å². The zero-order valence-electron chi connectivity index (χ0n) is 13.6. The van der Waals surface area contributed by atoms with Crippen LogP contribution < -0.4 is 0 Å². The van der Waals surface area contributed by atoms with Gasteiger partial charge in [0.15, 0.2) is 12.3 Å². The van der Waals surface area contributed by atoms with Crippen LogP contribution in [0.5, 0.6) is 0 Å². The molecule has 1 aromatic heterocycles.